The fourth-order valence-electron chi connectivity index (χ4n) is 2.94. The third-order valence-electron chi connectivity index (χ3n) is 4.24. The molecule has 2 aromatic carbocycles. The molecule has 2 heterocycles. The Morgan fingerprint density at radius 3 is 2.62 bits per heavy atom. The number of nitrogens with zero attached hydrogens (tertiary/aromatic N) is 4. The zero-order chi connectivity index (χ0) is 18.1. The van der Waals surface area contributed by atoms with E-state index in [9.17, 15) is 4.39 Å². The van der Waals surface area contributed by atoms with Crippen molar-refractivity contribution in [2.75, 3.05) is 19.5 Å². The van der Waals surface area contributed by atoms with Gasteiger partial charge in [0.15, 0.2) is 0 Å². The van der Waals surface area contributed by atoms with Gasteiger partial charge in [0.25, 0.3) is 0 Å². The first-order chi connectivity index (χ1) is 12.7. The van der Waals surface area contributed by atoms with E-state index in [0.717, 1.165) is 16.8 Å². The maximum atomic E-state index is 13.3. The van der Waals surface area contributed by atoms with Gasteiger partial charge in [0.1, 0.15) is 23.4 Å². The van der Waals surface area contributed by atoms with Crippen LogP contribution in [0.3, 0.4) is 0 Å². The molecule has 0 aliphatic carbocycles. The summed E-state index contributed by atoms with van der Waals surface area (Å²) in [6.07, 6.45) is 1.97. The molecule has 0 saturated heterocycles. The van der Waals surface area contributed by atoms with Crippen molar-refractivity contribution in [1.29, 1.82) is 0 Å². The Morgan fingerprint density at radius 1 is 1.08 bits per heavy atom. The number of rotatable bonds is 4. The van der Waals surface area contributed by atoms with Gasteiger partial charge in [0, 0.05) is 17.3 Å². The van der Waals surface area contributed by atoms with Crippen molar-refractivity contribution in [2.45, 2.75) is 6.04 Å². The molecule has 3 aromatic rings. The molecule has 4 rings (SSSR count). The molecule has 0 amide bonds. The minimum Gasteiger partial charge on any atom is -0.497 e. The van der Waals surface area contributed by atoms with E-state index in [2.05, 4.69) is 20.8 Å². The second-order valence-corrected chi connectivity index (χ2v) is 5.71. The van der Waals surface area contributed by atoms with Gasteiger partial charge < -0.3 is 14.8 Å². The monoisotopic (exact) mass is 353 g/mol. The highest BCUT2D eigenvalue weighted by Crippen LogP contribution is 2.37. The van der Waals surface area contributed by atoms with Gasteiger partial charge in [-0.1, -0.05) is 5.10 Å². The van der Waals surface area contributed by atoms with Crippen molar-refractivity contribution in [3.05, 3.63) is 65.5 Å². The van der Waals surface area contributed by atoms with Crippen molar-refractivity contribution in [3.8, 4) is 11.5 Å². The Hall–Kier alpha value is -3.42. The highest BCUT2D eigenvalue weighted by molar-refractivity contribution is 5.77. The minimum atomic E-state index is -0.290. The van der Waals surface area contributed by atoms with Gasteiger partial charge in [-0.2, -0.15) is 4.68 Å². The third-order valence-corrected chi connectivity index (χ3v) is 4.24. The summed E-state index contributed by atoms with van der Waals surface area (Å²) in [6, 6.07) is 11.5. The lowest BCUT2D eigenvalue weighted by Crippen LogP contribution is -2.20. The molecule has 0 fully saturated rings. The molecule has 1 aliphatic heterocycles. The fourth-order valence-corrected chi connectivity index (χ4v) is 2.94. The summed E-state index contributed by atoms with van der Waals surface area (Å²) in [5.74, 6) is 1.56. The zero-order valence-electron chi connectivity index (χ0n) is 14.2. The van der Waals surface area contributed by atoms with E-state index in [4.69, 9.17) is 9.47 Å². The van der Waals surface area contributed by atoms with Gasteiger partial charge in [-0.3, -0.25) is 0 Å². The predicted octanol–water partition coefficient (Wildman–Crippen LogP) is 2.89. The number of ether oxygens (including phenoxy) is 2. The molecule has 26 heavy (non-hydrogen) atoms. The molecule has 1 aromatic heterocycles. The Balaban J connectivity index is 1.82. The van der Waals surface area contributed by atoms with Gasteiger partial charge in [-0.15, -0.1) is 0 Å². The van der Waals surface area contributed by atoms with E-state index < -0.39 is 0 Å². The first-order valence-corrected chi connectivity index (χ1v) is 7.94. The van der Waals surface area contributed by atoms with E-state index in [-0.39, 0.29) is 11.9 Å². The van der Waals surface area contributed by atoms with E-state index in [1.54, 1.807) is 31.0 Å². The topological polar surface area (TPSA) is 74.1 Å². The summed E-state index contributed by atoms with van der Waals surface area (Å²) in [7, 11) is 3.20. The molecule has 1 atom stereocenters. The maximum absolute atomic E-state index is 13.3. The van der Waals surface area contributed by atoms with Crippen LogP contribution in [-0.4, -0.2) is 34.4 Å². The predicted molar refractivity (Wildman–Crippen MR) is 93.5 cm³/mol. The lowest BCUT2D eigenvalue weighted by atomic mass is 10.0. The summed E-state index contributed by atoms with van der Waals surface area (Å²) in [5.41, 5.74) is 2.50. The summed E-state index contributed by atoms with van der Waals surface area (Å²) in [4.78, 5) is 0. The first-order valence-electron chi connectivity index (χ1n) is 7.94. The van der Waals surface area contributed by atoms with Crippen LogP contribution >= 0.6 is 0 Å². The van der Waals surface area contributed by atoms with Crippen LogP contribution in [0.2, 0.25) is 0 Å². The van der Waals surface area contributed by atoms with Gasteiger partial charge in [-0.05, 0) is 58.5 Å². The molecule has 0 bridgehead atoms. The van der Waals surface area contributed by atoms with E-state index >= 15 is 0 Å². The van der Waals surface area contributed by atoms with Crippen LogP contribution in [0.4, 0.5) is 10.3 Å². The number of hydrogen-bond acceptors (Lipinski definition) is 6. The molecule has 1 N–H and O–H groups in total. The molecule has 0 saturated carbocycles. The molecular weight excluding hydrogens is 337 g/mol. The Labute approximate surface area is 149 Å². The van der Waals surface area contributed by atoms with Crippen molar-refractivity contribution < 1.29 is 13.9 Å². The minimum absolute atomic E-state index is 0.289. The average Bonchev–Trinajstić information content (AvgIpc) is 3.16. The van der Waals surface area contributed by atoms with Crippen LogP contribution in [0.15, 0.2) is 48.5 Å². The zero-order valence-corrected chi connectivity index (χ0v) is 14.2. The Bertz CT molecular complexity index is 968. The van der Waals surface area contributed by atoms with Crippen LogP contribution in [0.5, 0.6) is 11.5 Å². The highest BCUT2D eigenvalue weighted by atomic mass is 19.1. The van der Waals surface area contributed by atoms with Gasteiger partial charge >= 0.3 is 0 Å². The summed E-state index contributed by atoms with van der Waals surface area (Å²) >= 11 is 0. The number of tetrazole rings is 1. The number of hydrogen-bond donors (Lipinski definition) is 1. The number of fused-ring (bicyclic) bond motifs is 1. The van der Waals surface area contributed by atoms with Crippen LogP contribution < -0.4 is 14.8 Å². The lowest BCUT2D eigenvalue weighted by molar-refractivity contribution is 0.387. The molecular formula is C18H16FN5O2. The van der Waals surface area contributed by atoms with E-state index in [1.165, 1.54) is 12.1 Å². The standard InChI is InChI=1S/C18H16FN5O2/c1-25-13-7-8-14(17(9-13)26-2)16-10-15(11-3-5-12(19)6-4-11)20-18-21-22-23-24(16)18/h3-10,16H,1-2H3,(H,20,21,23)/t16-/m0/s1. The third kappa shape index (κ3) is 2.75. The number of anilines is 1. The van der Waals surface area contributed by atoms with E-state index in [0.29, 0.717) is 17.4 Å². The smallest absolute Gasteiger partial charge is 0.248 e. The summed E-state index contributed by atoms with van der Waals surface area (Å²) < 4.78 is 25.7. The maximum Gasteiger partial charge on any atom is 0.248 e. The number of aromatic nitrogens is 4. The Morgan fingerprint density at radius 2 is 1.88 bits per heavy atom. The van der Waals surface area contributed by atoms with Crippen LogP contribution in [0.1, 0.15) is 17.2 Å². The van der Waals surface area contributed by atoms with Crippen molar-refractivity contribution >= 4 is 11.6 Å². The normalized spacial score (nSPS) is 15.7. The molecule has 132 valence electrons. The van der Waals surface area contributed by atoms with E-state index in [1.807, 2.05) is 24.3 Å². The number of allylic oxidation sites excluding steroid dienone is 1. The number of benzene rings is 2. The SMILES string of the molecule is COc1ccc([C@@H]2C=C(c3ccc(F)cc3)Nc3nnnn32)c(OC)c1. The molecule has 1 aliphatic rings. The van der Waals surface area contributed by atoms with Gasteiger partial charge in [-0.25, -0.2) is 4.39 Å². The Kier molecular flexibility index (Phi) is 4.00. The van der Waals surface area contributed by atoms with Crippen LogP contribution in [0.25, 0.3) is 5.70 Å². The highest BCUT2D eigenvalue weighted by Gasteiger charge is 2.26. The second kappa shape index (κ2) is 6.47. The van der Waals surface area contributed by atoms with Crippen molar-refractivity contribution in [2.24, 2.45) is 0 Å². The van der Waals surface area contributed by atoms with Gasteiger partial charge in [0.2, 0.25) is 5.95 Å². The lowest BCUT2D eigenvalue weighted by Gasteiger charge is -2.24. The fraction of sp³-hybridized carbons (Fsp3) is 0.167. The first kappa shape index (κ1) is 16.1. The molecule has 0 radical (unpaired) electrons. The molecule has 7 nitrogen and oxygen atoms in total. The van der Waals surface area contributed by atoms with Crippen molar-refractivity contribution in [3.63, 3.8) is 0 Å². The van der Waals surface area contributed by atoms with Gasteiger partial charge in [0.05, 0.1) is 14.2 Å². The van der Waals surface area contributed by atoms with Crippen LogP contribution in [0, 0.1) is 5.82 Å². The quantitative estimate of drug-likeness (QED) is 0.777. The molecule has 0 spiro atoms. The molecule has 0 unspecified atom stereocenters. The van der Waals surface area contributed by atoms with Crippen molar-refractivity contribution in [1.82, 2.24) is 20.2 Å². The average molecular weight is 353 g/mol. The van der Waals surface area contributed by atoms with Crippen LogP contribution in [-0.2, 0) is 0 Å². The summed E-state index contributed by atoms with van der Waals surface area (Å²) in [5, 5.41) is 15.0. The summed E-state index contributed by atoms with van der Waals surface area (Å²) in [6.45, 7) is 0. The number of methoxy groups -OCH3 is 2. The number of nitrogens with one attached hydrogen (secondary N) is 1. The largest absolute Gasteiger partial charge is 0.497 e. The second-order valence-electron chi connectivity index (χ2n) is 5.71. The molecule has 8 heteroatoms. The number of halogens is 1.